The van der Waals surface area contributed by atoms with E-state index in [1.165, 1.54) is 6.92 Å². The Hall–Kier alpha value is -2.38. The van der Waals surface area contributed by atoms with Gasteiger partial charge in [-0.15, -0.1) is 11.3 Å². The number of carbonyl (C=O) groups excluding carboxylic acids is 3. The van der Waals surface area contributed by atoms with Crippen LogP contribution in [0.25, 0.3) is 0 Å². The second-order valence-electron chi connectivity index (χ2n) is 5.61. The second kappa shape index (κ2) is 7.88. The molecule has 0 bridgehead atoms. The van der Waals surface area contributed by atoms with Crippen molar-refractivity contribution in [2.24, 2.45) is 5.41 Å². The summed E-state index contributed by atoms with van der Waals surface area (Å²) in [4.78, 5) is 36.6. The van der Waals surface area contributed by atoms with Gasteiger partial charge in [-0.1, -0.05) is 0 Å². The number of nitriles is 1. The first-order valence-electron chi connectivity index (χ1n) is 7.72. The molecule has 1 aliphatic carbocycles. The smallest absolute Gasteiger partial charge is 0.345 e. The van der Waals surface area contributed by atoms with E-state index >= 15 is 0 Å². The third-order valence-electron chi connectivity index (χ3n) is 3.89. The van der Waals surface area contributed by atoms with Gasteiger partial charge in [-0.3, -0.25) is 9.59 Å². The van der Waals surface area contributed by atoms with Gasteiger partial charge in [0.2, 0.25) is 5.91 Å². The summed E-state index contributed by atoms with van der Waals surface area (Å²) in [6.07, 6.45) is 0.0379. The van der Waals surface area contributed by atoms with Crippen LogP contribution < -0.4 is 5.32 Å². The fourth-order valence-electron chi connectivity index (χ4n) is 2.71. The monoisotopic (exact) mass is 386 g/mol. The van der Waals surface area contributed by atoms with Gasteiger partial charge in [-0.25, -0.2) is 4.79 Å². The SMILES string of the molecule is CCOC(=O)c1c(NC(C)=O)sc2c1CCC(C#N)(COC(F)F)C2=O. The number of fused-ring (bicyclic) bond motifs is 1. The zero-order chi connectivity index (χ0) is 19.5. The summed E-state index contributed by atoms with van der Waals surface area (Å²) in [6, 6.07) is 1.78. The van der Waals surface area contributed by atoms with Gasteiger partial charge < -0.3 is 14.8 Å². The summed E-state index contributed by atoms with van der Waals surface area (Å²) in [7, 11) is 0. The third kappa shape index (κ3) is 3.73. The molecule has 0 aromatic carbocycles. The van der Waals surface area contributed by atoms with Crippen molar-refractivity contribution >= 4 is 34.0 Å². The number of amides is 1. The van der Waals surface area contributed by atoms with Crippen LogP contribution in [0.1, 0.15) is 45.9 Å². The Morgan fingerprint density at radius 1 is 1.46 bits per heavy atom. The van der Waals surface area contributed by atoms with E-state index in [4.69, 9.17) is 4.74 Å². The second-order valence-corrected chi connectivity index (χ2v) is 6.63. The van der Waals surface area contributed by atoms with Crippen molar-refractivity contribution in [2.45, 2.75) is 33.3 Å². The minimum Gasteiger partial charge on any atom is -0.462 e. The molecule has 0 radical (unpaired) electrons. The molecule has 0 spiro atoms. The Bertz CT molecular complexity index is 786. The molecule has 1 aromatic rings. The summed E-state index contributed by atoms with van der Waals surface area (Å²) in [5.41, 5.74) is -1.34. The minimum atomic E-state index is -3.11. The fraction of sp³-hybridized carbons (Fsp3) is 0.500. The molecule has 2 rings (SSSR count). The number of nitrogens with zero attached hydrogens (tertiary/aromatic N) is 1. The zero-order valence-electron chi connectivity index (χ0n) is 14.1. The van der Waals surface area contributed by atoms with Crippen LogP contribution in [0.2, 0.25) is 0 Å². The summed E-state index contributed by atoms with van der Waals surface area (Å²) in [5, 5.41) is 12.0. The maximum absolute atomic E-state index is 12.8. The molecule has 0 saturated heterocycles. The van der Waals surface area contributed by atoms with Crippen molar-refractivity contribution in [1.29, 1.82) is 5.26 Å². The van der Waals surface area contributed by atoms with Crippen LogP contribution in [0.3, 0.4) is 0 Å². The number of ether oxygens (including phenoxy) is 2. The van der Waals surface area contributed by atoms with Gasteiger partial charge in [-0.2, -0.15) is 14.0 Å². The highest BCUT2D eigenvalue weighted by Crippen LogP contribution is 2.44. The first-order chi connectivity index (χ1) is 12.3. The molecule has 0 fully saturated rings. The lowest BCUT2D eigenvalue weighted by atomic mass is 9.74. The van der Waals surface area contributed by atoms with Crippen LogP contribution in [0.15, 0.2) is 0 Å². The van der Waals surface area contributed by atoms with Crippen LogP contribution >= 0.6 is 11.3 Å². The number of hydrogen-bond acceptors (Lipinski definition) is 7. The van der Waals surface area contributed by atoms with Crippen molar-refractivity contribution in [3.05, 3.63) is 16.0 Å². The molecule has 0 aliphatic heterocycles. The lowest BCUT2D eigenvalue weighted by Crippen LogP contribution is -2.39. The number of hydrogen-bond donors (Lipinski definition) is 1. The van der Waals surface area contributed by atoms with Crippen LogP contribution in [-0.2, 0) is 20.7 Å². The molecule has 1 atom stereocenters. The summed E-state index contributed by atoms with van der Waals surface area (Å²) in [5.74, 6) is -1.85. The topological polar surface area (TPSA) is 105 Å². The number of esters is 1. The Labute approximate surface area is 151 Å². The number of anilines is 1. The number of Topliss-reactive ketones (excluding diaryl/α,β-unsaturated/α-hetero) is 1. The van der Waals surface area contributed by atoms with Crippen LogP contribution in [-0.4, -0.2) is 37.5 Å². The zero-order valence-corrected chi connectivity index (χ0v) is 14.9. The van der Waals surface area contributed by atoms with E-state index in [2.05, 4.69) is 10.1 Å². The Kier molecular flexibility index (Phi) is 6.05. The van der Waals surface area contributed by atoms with Crippen molar-refractivity contribution in [3.8, 4) is 6.07 Å². The molecule has 7 nitrogen and oxygen atoms in total. The average molecular weight is 386 g/mol. The maximum Gasteiger partial charge on any atom is 0.345 e. The molecular formula is C16H16F2N2O5S. The van der Waals surface area contributed by atoms with Gasteiger partial charge in [0, 0.05) is 6.92 Å². The quantitative estimate of drug-likeness (QED) is 0.754. The van der Waals surface area contributed by atoms with Gasteiger partial charge >= 0.3 is 12.6 Å². The number of nitrogens with one attached hydrogen (secondary N) is 1. The van der Waals surface area contributed by atoms with Crippen LogP contribution in [0.4, 0.5) is 13.8 Å². The number of carbonyl (C=O) groups is 3. The van der Waals surface area contributed by atoms with Crippen molar-refractivity contribution in [2.75, 3.05) is 18.5 Å². The van der Waals surface area contributed by atoms with E-state index in [9.17, 15) is 28.4 Å². The van der Waals surface area contributed by atoms with Crippen LogP contribution in [0.5, 0.6) is 0 Å². The lowest BCUT2D eigenvalue weighted by molar-refractivity contribution is -0.141. The molecular weight excluding hydrogens is 370 g/mol. The summed E-state index contributed by atoms with van der Waals surface area (Å²) >= 11 is 0.828. The number of halogens is 2. The average Bonchev–Trinajstić information content (AvgIpc) is 2.93. The third-order valence-corrected chi connectivity index (χ3v) is 5.03. The molecule has 1 amide bonds. The highest BCUT2D eigenvalue weighted by atomic mass is 32.1. The van der Waals surface area contributed by atoms with E-state index in [0.29, 0.717) is 5.56 Å². The number of alkyl halides is 2. The van der Waals surface area contributed by atoms with E-state index in [1.54, 1.807) is 13.0 Å². The van der Waals surface area contributed by atoms with Gasteiger partial charge in [0.15, 0.2) is 5.78 Å². The molecule has 1 aromatic heterocycles. The molecule has 1 N–H and O–H groups in total. The van der Waals surface area contributed by atoms with Crippen molar-refractivity contribution < 1.29 is 32.6 Å². The first-order valence-corrected chi connectivity index (χ1v) is 8.53. The van der Waals surface area contributed by atoms with E-state index in [-0.39, 0.29) is 34.9 Å². The van der Waals surface area contributed by atoms with Gasteiger partial charge in [0.1, 0.15) is 10.4 Å². The minimum absolute atomic E-state index is 0.0664. The molecule has 1 heterocycles. The Morgan fingerprint density at radius 3 is 2.69 bits per heavy atom. The predicted octanol–water partition coefficient (Wildman–Crippen LogP) is 2.76. The molecule has 0 saturated carbocycles. The molecule has 1 aliphatic rings. The molecule has 10 heteroatoms. The fourth-order valence-corrected chi connectivity index (χ4v) is 4.03. The normalized spacial score (nSPS) is 19.0. The van der Waals surface area contributed by atoms with Crippen LogP contribution in [0, 0.1) is 16.7 Å². The van der Waals surface area contributed by atoms with Gasteiger partial charge in [-0.05, 0) is 25.3 Å². The van der Waals surface area contributed by atoms with E-state index in [0.717, 1.165) is 11.3 Å². The lowest BCUT2D eigenvalue weighted by Gasteiger charge is -2.28. The Balaban J connectivity index is 2.49. The Morgan fingerprint density at radius 2 is 2.15 bits per heavy atom. The standard InChI is InChI=1S/C16H16F2N2O5S/c1-3-24-14(23)10-9-4-5-16(6-19,7-25-15(17)18)12(22)11(9)26-13(10)20-8(2)21/h15H,3-5,7H2,1-2H3,(H,20,21). The number of ketones is 1. The first kappa shape index (κ1) is 19.9. The van der Waals surface area contributed by atoms with Gasteiger partial charge in [0.05, 0.1) is 29.7 Å². The largest absolute Gasteiger partial charge is 0.462 e. The number of rotatable bonds is 6. The van der Waals surface area contributed by atoms with Gasteiger partial charge in [0.25, 0.3) is 0 Å². The molecule has 1 unspecified atom stereocenters. The van der Waals surface area contributed by atoms with Crippen molar-refractivity contribution in [1.82, 2.24) is 0 Å². The summed E-state index contributed by atoms with van der Waals surface area (Å²) < 4.78 is 33.9. The number of thiophene rings is 1. The highest BCUT2D eigenvalue weighted by molar-refractivity contribution is 7.19. The van der Waals surface area contributed by atoms with E-state index in [1.807, 2.05) is 0 Å². The van der Waals surface area contributed by atoms with Crippen molar-refractivity contribution in [3.63, 3.8) is 0 Å². The predicted molar refractivity (Wildman–Crippen MR) is 87.2 cm³/mol. The maximum atomic E-state index is 12.8. The van der Waals surface area contributed by atoms with E-state index < -0.39 is 36.3 Å². The highest BCUT2D eigenvalue weighted by Gasteiger charge is 2.47. The summed E-state index contributed by atoms with van der Waals surface area (Å²) in [6.45, 7) is -0.903. The molecule has 140 valence electrons. The molecule has 26 heavy (non-hydrogen) atoms.